The van der Waals surface area contributed by atoms with E-state index in [4.69, 9.17) is 4.99 Å². The van der Waals surface area contributed by atoms with Crippen LogP contribution in [0.5, 0.6) is 0 Å². The summed E-state index contributed by atoms with van der Waals surface area (Å²) >= 11 is 0. The molecule has 0 aliphatic carbocycles. The summed E-state index contributed by atoms with van der Waals surface area (Å²) in [6.45, 7) is 4.05. The lowest BCUT2D eigenvalue weighted by Crippen LogP contribution is -2.28. The van der Waals surface area contributed by atoms with Crippen LogP contribution in [0.25, 0.3) is 0 Å². The minimum Gasteiger partial charge on any atom is -0.282 e. The quantitative estimate of drug-likeness (QED) is 0.405. The second kappa shape index (κ2) is 7.11. The number of hydroxylamine groups is 1. The monoisotopic (exact) mass is 316 g/mol. The average molecular weight is 316 g/mol. The highest BCUT2D eigenvalue weighted by Crippen LogP contribution is 2.26. The molecule has 120 valence electrons. The summed E-state index contributed by atoms with van der Waals surface area (Å²) in [5.41, 5.74) is 4.55. The van der Waals surface area contributed by atoms with Gasteiger partial charge in [0.15, 0.2) is 5.84 Å². The van der Waals surface area contributed by atoms with Crippen LogP contribution >= 0.6 is 0 Å². The first-order valence-electron chi connectivity index (χ1n) is 7.91. The maximum Gasteiger partial charge on any atom is 0.165 e. The van der Waals surface area contributed by atoms with Gasteiger partial charge in [-0.1, -0.05) is 66.7 Å². The number of hydrogen-bond acceptors (Lipinski definition) is 2. The third-order valence-corrected chi connectivity index (χ3v) is 3.89. The zero-order chi connectivity index (χ0) is 16.9. The van der Waals surface area contributed by atoms with E-state index in [0.717, 1.165) is 27.4 Å². The van der Waals surface area contributed by atoms with Crippen molar-refractivity contribution in [2.45, 2.75) is 13.8 Å². The molecule has 3 aromatic rings. The second-order valence-electron chi connectivity index (χ2n) is 5.69. The molecule has 0 spiro atoms. The maximum absolute atomic E-state index is 10.8. The molecule has 0 amide bonds. The van der Waals surface area contributed by atoms with Crippen molar-refractivity contribution in [1.29, 1.82) is 0 Å². The van der Waals surface area contributed by atoms with Crippen LogP contribution in [0.1, 0.15) is 16.7 Å². The molecule has 0 atom stereocenters. The Balaban J connectivity index is 2.15. The molecule has 0 fully saturated rings. The number of aryl methyl sites for hydroxylation is 2. The zero-order valence-corrected chi connectivity index (χ0v) is 13.8. The van der Waals surface area contributed by atoms with Gasteiger partial charge >= 0.3 is 0 Å². The highest BCUT2D eigenvalue weighted by molar-refractivity contribution is 6.09. The second-order valence-corrected chi connectivity index (χ2v) is 5.69. The van der Waals surface area contributed by atoms with Crippen LogP contribution < -0.4 is 5.06 Å². The van der Waals surface area contributed by atoms with Gasteiger partial charge in [0, 0.05) is 5.56 Å². The SMILES string of the molecule is Cc1cccc(C)c1N=C(c1ccccc1)N(O)c1ccccc1. The summed E-state index contributed by atoms with van der Waals surface area (Å²) in [6, 6.07) is 25.2. The molecule has 3 nitrogen and oxygen atoms in total. The fourth-order valence-electron chi connectivity index (χ4n) is 2.60. The van der Waals surface area contributed by atoms with E-state index in [0.29, 0.717) is 11.5 Å². The number of amidine groups is 1. The predicted molar refractivity (Wildman–Crippen MR) is 99.3 cm³/mol. The van der Waals surface area contributed by atoms with Crippen LogP contribution in [0, 0.1) is 13.8 Å². The van der Waals surface area contributed by atoms with Gasteiger partial charge in [-0.25, -0.2) is 10.1 Å². The summed E-state index contributed by atoms with van der Waals surface area (Å²) in [6.07, 6.45) is 0. The molecule has 0 unspecified atom stereocenters. The molecule has 3 rings (SSSR count). The fourth-order valence-corrected chi connectivity index (χ4v) is 2.60. The molecule has 0 saturated carbocycles. The Morgan fingerprint density at radius 1 is 0.750 bits per heavy atom. The first-order chi connectivity index (χ1) is 11.7. The third-order valence-electron chi connectivity index (χ3n) is 3.89. The van der Waals surface area contributed by atoms with Crippen LogP contribution in [0.4, 0.5) is 11.4 Å². The minimum atomic E-state index is 0.499. The molecular formula is C21H20N2O. The van der Waals surface area contributed by atoms with E-state index in [9.17, 15) is 5.21 Å². The summed E-state index contributed by atoms with van der Waals surface area (Å²) in [7, 11) is 0. The number of nitrogens with zero attached hydrogens (tertiary/aromatic N) is 2. The molecule has 0 heterocycles. The van der Waals surface area contributed by atoms with E-state index >= 15 is 0 Å². The van der Waals surface area contributed by atoms with Crippen molar-refractivity contribution in [1.82, 2.24) is 0 Å². The van der Waals surface area contributed by atoms with Crippen molar-refractivity contribution in [2.75, 3.05) is 5.06 Å². The Kier molecular flexibility index (Phi) is 4.73. The van der Waals surface area contributed by atoms with E-state index in [1.54, 1.807) is 0 Å². The molecule has 0 radical (unpaired) electrons. The molecule has 0 saturated heterocycles. The first-order valence-corrected chi connectivity index (χ1v) is 7.91. The van der Waals surface area contributed by atoms with Gasteiger partial charge in [-0.2, -0.15) is 0 Å². The summed E-state index contributed by atoms with van der Waals surface area (Å²) < 4.78 is 0. The van der Waals surface area contributed by atoms with E-state index in [1.165, 1.54) is 0 Å². The number of anilines is 1. The molecule has 1 N–H and O–H groups in total. The van der Waals surface area contributed by atoms with Crippen LogP contribution in [-0.4, -0.2) is 11.0 Å². The Hall–Kier alpha value is -2.91. The molecule has 24 heavy (non-hydrogen) atoms. The molecule has 0 aliphatic rings. The van der Waals surface area contributed by atoms with Crippen molar-refractivity contribution in [3.63, 3.8) is 0 Å². The number of benzene rings is 3. The lowest BCUT2D eigenvalue weighted by Gasteiger charge is -2.20. The summed E-state index contributed by atoms with van der Waals surface area (Å²) in [5.74, 6) is 0.499. The fraction of sp³-hybridized carbons (Fsp3) is 0.0952. The van der Waals surface area contributed by atoms with E-state index in [1.807, 2.05) is 92.7 Å². The molecule has 0 aliphatic heterocycles. The van der Waals surface area contributed by atoms with Crippen molar-refractivity contribution < 1.29 is 5.21 Å². The molecule has 0 aromatic heterocycles. The van der Waals surface area contributed by atoms with Crippen LogP contribution in [0.15, 0.2) is 83.9 Å². The van der Waals surface area contributed by atoms with Crippen LogP contribution in [0.3, 0.4) is 0 Å². The smallest absolute Gasteiger partial charge is 0.165 e. The number of aliphatic imine (C=N–C) groups is 1. The topological polar surface area (TPSA) is 35.8 Å². The van der Waals surface area contributed by atoms with E-state index in [2.05, 4.69) is 0 Å². The van der Waals surface area contributed by atoms with E-state index in [-0.39, 0.29) is 0 Å². The lowest BCUT2D eigenvalue weighted by atomic mass is 10.1. The van der Waals surface area contributed by atoms with Gasteiger partial charge in [-0.05, 0) is 37.1 Å². The summed E-state index contributed by atoms with van der Waals surface area (Å²) in [5, 5.41) is 11.9. The molecular weight excluding hydrogens is 296 g/mol. The highest BCUT2D eigenvalue weighted by atomic mass is 16.5. The first kappa shape index (κ1) is 16.0. The standard InChI is InChI=1S/C21H20N2O/c1-16-10-9-11-17(2)20(16)22-21(18-12-5-3-6-13-18)23(24)19-14-7-4-8-15-19/h3-15,24H,1-2H3. The number of rotatable bonds is 3. The van der Waals surface area contributed by atoms with Crippen molar-refractivity contribution >= 4 is 17.2 Å². The highest BCUT2D eigenvalue weighted by Gasteiger charge is 2.15. The number of hydrogen-bond donors (Lipinski definition) is 1. The molecule has 0 bridgehead atoms. The summed E-state index contributed by atoms with van der Waals surface area (Å²) in [4.78, 5) is 4.80. The largest absolute Gasteiger partial charge is 0.282 e. The number of para-hydroxylation sites is 2. The minimum absolute atomic E-state index is 0.499. The van der Waals surface area contributed by atoms with Gasteiger partial charge in [0.25, 0.3) is 0 Å². The third kappa shape index (κ3) is 3.36. The molecule has 3 heteroatoms. The van der Waals surface area contributed by atoms with Gasteiger partial charge < -0.3 is 0 Å². The average Bonchev–Trinajstić information content (AvgIpc) is 2.62. The Morgan fingerprint density at radius 3 is 1.88 bits per heavy atom. The maximum atomic E-state index is 10.8. The lowest BCUT2D eigenvalue weighted by molar-refractivity contribution is 0.313. The van der Waals surface area contributed by atoms with Crippen molar-refractivity contribution in [2.24, 2.45) is 4.99 Å². The molecule has 3 aromatic carbocycles. The Morgan fingerprint density at radius 2 is 1.29 bits per heavy atom. The zero-order valence-electron chi connectivity index (χ0n) is 13.8. The van der Waals surface area contributed by atoms with Gasteiger partial charge in [0.05, 0.1) is 11.4 Å². The van der Waals surface area contributed by atoms with E-state index < -0.39 is 0 Å². The van der Waals surface area contributed by atoms with Crippen molar-refractivity contribution in [3.05, 3.63) is 95.6 Å². The predicted octanol–water partition coefficient (Wildman–Crippen LogP) is 5.28. The normalized spacial score (nSPS) is 11.4. The van der Waals surface area contributed by atoms with Crippen LogP contribution in [0.2, 0.25) is 0 Å². The van der Waals surface area contributed by atoms with Crippen molar-refractivity contribution in [3.8, 4) is 0 Å². The van der Waals surface area contributed by atoms with Crippen LogP contribution in [-0.2, 0) is 0 Å². The Bertz CT molecular complexity index is 822. The van der Waals surface area contributed by atoms with Gasteiger partial charge in [0.2, 0.25) is 0 Å². The van der Waals surface area contributed by atoms with Gasteiger partial charge in [0.1, 0.15) is 0 Å². The van der Waals surface area contributed by atoms with Gasteiger partial charge in [-0.3, -0.25) is 5.21 Å². The van der Waals surface area contributed by atoms with Gasteiger partial charge in [-0.15, -0.1) is 0 Å². The Labute approximate surface area is 142 Å².